The number of furan rings is 1. The summed E-state index contributed by atoms with van der Waals surface area (Å²) in [6.45, 7) is 0. The van der Waals surface area contributed by atoms with Crippen molar-refractivity contribution >= 4 is 75.3 Å². The number of thiophene rings is 1. The van der Waals surface area contributed by atoms with Crippen LogP contribution in [0.5, 0.6) is 0 Å². The predicted molar refractivity (Wildman–Crippen MR) is 262 cm³/mol. The molecular formula is C57H34N4OS. The smallest absolute Gasteiger partial charge is 0.167 e. The zero-order valence-electron chi connectivity index (χ0n) is 33.7. The van der Waals surface area contributed by atoms with E-state index in [9.17, 15) is 0 Å². The van der Waals surface area contributed by atoms with Gasteiger partial charge >= 0.3 is 0 Å². The lowest BCUT2D eigenvalue weighted by molar-refractivity contribution is 0.669. The number of para-hydroxylation sites is 2. The minimum Gasteiger partial charge on any atom is -0.455 e. The van der Waals surface area contributed by atoms with Gasteiger partial charge in [0.25, 0.3) is 0 Å². The third-order valence-corrected chi connectivity index (χ3v) is 13.4. The first kappa shape index (κ1) is 35.6. The van der Waals surface area contributed by atoms with Crippen LogP contribution in [0.25, 0.3) is 126 Å². The van der Waals surface area contributed by atoms with Gasteiger partial charge in [0, 0.05) is 58.5 Å². The van der Waals surface area contributed by atoms with Gasteiger partial charge in [-0.3, -0.25) is 0 Å². The van der Waals surface area contributed by atoms with Gasteiger partial charge in [0.1, 0.15) is 11.2 Å². The lowest BCUT2D eigenvalue weighted by Crippen LogP contribution is -2.02. The van der Waals surface area contributed by atoms with Gasteiger partial charge in [0.15, 0.2) is 17.5 Å². The topological polar surface area (TPSA) is 56.7 Å². The van der Waals surface area contributed by atoms with Crippen molar-refractivity contribution in [1.82, 2.24) is 19.5 Å². The third kappa shape index (κ3) is 5.73. The van der Waals surface area contributed by atoms with Crippen LogP contribution in [0.4, 0.5) is 0 Å². The number of fused-ring (bicyclic) bond motifs is 9. The summed E-state index contributed by atoms with van der Waals surface area (Å²) >= 11 is 1.79. The molecule has 294 valence electrons. The lowest BCUT2D eigenvalue weighted by atomic mass is 9.95. The summed E-state index contributed by atoms with van der Waals surface area (Å²) in [5.41, 5.74) is 11.9. The van der Waals surface area contributed by atoms with Crippen LogP contribution in [0.3, 0.4) is 0 Å². The highest BCUT2D eigenvalue weighted by Crippen LogP contribution is 2.45. The average molecular weight is 823 g/mol. The third-order valence-electron chi connectivity index (χ3n) is 12.3. The molecule has 13 aromatic rings. The van der Waals surface area contributed by atoms with E-state index in [1.165, 1.54) is 31.1 Å². The van der Waals surface area contributed by atoms with Crippen LogP contribution in [-0.4, -0.2) is 19.5 Å². The summed E-state index contributed by atoms with van der Waals surface area (Å²) in [5.74, 6) is 1.74. The summed E-state index contributed by atoms with van der Waals surface area (Å²) in [6.07, 6.45) is 0. The molecule has 9 aromatic carbocycles. The normalized spacial score (nSPS) is 11.8. The Kier molecular flexibility index (Phi) is 8.01. The minimum atomic E-state index is 0.537. The summed E-state index contributed by atoms with van der Waals surface area (Å²) in [5, 5.41) is 6.73. The van der Waals surface area contributed by atoms with Crippen molar-refractivity contribution in [3.05, 3.63) is 206 Å². The first-order valence-corrected chi connectivity index (χ1v) is 21.9. The number of hydrogen-bond acceptors (Lipinski definition) is 5. The van der Waals surface area contributed by atoms with Gasteiger partial charge < -0.3 is 8.98 Å². The van der Waals surface area contributed by atoms with Crippen LogP contribution in [0.2, 0.25) is 0 Å². The number of hydrogen-bond donors (Lipinski definition) is 0. The number of rotatable bonds is 6. The maximum Gasteiger partial charge on any atom is 0.167 e. The molecule has 5 nitrogen and oxygen atoms in total. The Balaban J connectivity index is 1.14. The number of aromatic nitrogens is 4. The summed E-state index contributed by atoms with van der Waals surface area (Å²) in [6, 6.07) is 72.6. The molecule has 0 fully saturated rings. The van der Waals surface area contributed by atoms with E-state index >= 15 is 0 Å². The number of benzene rings is 9. The van der Waals surface area contributed by atoms with E-state index in [4.69, 9.17) is 19.4 Å². The lowest BCUT2D eigenvalue weighted by Gasteiger charge is -2.13. The molecule has 0 saturated heterocycles. The van der Waals surface area contributed by atoms with Crippen LogP contribution >= 0.6 is 11.3 Å². The maximum absolute atomic E-state index is 7.06. The Hall–Kier alpha value is -8.19. The van der Waals surface area contributed by atoms with Gasteiger partial charge in [-0.1, -0.05) is 158 Å². The molecule has 0 aliphatic rings. The highest BCUT2D eigenvalue weighted by Gasteiger charge is 2.24. The predicted octanol–water partition coefficient (Wildman–Crippen LogP) is 15.6. The van der Waals surface area contributed by atoms with Crippen molar-refractivity contribution in [2.45, 2.75) is 0 Å². The van der Waals surface area contributed by atoms with E-state index in [0.717, 1.165) is 77.4 Å². The van der Waals surface area contributed by atoms with E-state index in [2.05, 4.69) is 193 Å². The summed E-state index contributed by atoms with van der Waals surface area (Å²) < 4.78 is 11.8. The maximum atomic E-state index is 7.06. The van der Waals surface area contributed by atoms with Gasteiger partial charge in [-0.2, -0.15) is 0 Å². The highest BCUT2D eigenvalue weighted by molar-refractivity contribution is 7.25. The first-order chi connectivity index (χ1) is 31.2. The second kappa shape index (κ2) is 14.2. The SMILES string of the molecule is c1ccc(-c2cccc(-c3cccc4oc5c(-c6nc(-c7ccccc7)nc(-c7cccc8sc9ccccc9c78)n6)cc(-n6c7ccccc7c7ccccc76)cc5c34)c2)cc1. The Morgan fingerprint density at radius 3 is 1.71 bits per heavy atom. The minimum absolute atomic E-state index is 0.537. The molecule has 0 aliphatic carbocycles. The monoisotopic (exact) mass is 822 g/mol. The van der Waals surface area contributed by atoms with Crippen LogP contribution in [0.15, 0.2) is 211 Å². The Morgan fingerprint density at radius 2 is 0.937 bits per heavy atom. The highest BCUT2D eigenvalue weighted by atomic mass is 32.1. The fraction of sp³-hybridized carbons (Fsp3) is 0. The largest absolute Gasteiger partial charge is 0.455 e. The second-order valence-corrected chi connectivity index (χ2v) is 17.0. The van der Waals surface area contributed by atoms with Gasteiger partial charge in [0.05, 0.1) is 16.6 Å². The molecule has 0 amide bonds. The van der Waals surface area contributed by atoms with E-state index in [1.807, 2.05) is 18.2 Å². The fourth-order valence-corrected chi connectivity index (χ4v) is 10.6. The van der Waals surface area contributed by atoms with Crippen molar-refractivity contribution < 1.29 is 4.42 Å². The average Bonchev–Trinajstić information content (AvgIpc) is 4.04. The van der Waals surface area contributed by atoms with Crippen LogP contribution in [-0.2, 0) is 0 Å². The summed E-state index contributed by atoms with van der Waals surface area (Å²) in [4.78, 5) is 16.0. The second-order valence-electron chi connectivity index (χ2n) is 15.9. The van der Waals surface area contributed by atoms with Crippen molar-refractivity contribution in [2.75, 3.05) is 0 Å². The zero-order chi connectivity index (χ0) is 41.4. The van der Waals surface area contributed by atoms with Crippen LogP contribution in [0.1, 0.15) is 0 Å². The molecule has 0 spiro atoms. The molecule has 63 heavy (non-hydrogen) atoms. The molecule has 0 saturated carbocycles. The first-order valence-electron chi connectivity index (χ1n) is 21.1. The van der Waals surface area contributed by atoms with Crippen LogP contribution in [0, 0.1) is 0 Å². The van der Waals surface area contributed by atoms with Gasteiger partial charge in [-0.25, -0.2) is 15.0 Å². The molecule has 6 heteroatoms. The van der Waals surface area contributed by atoms with Gasteiger partial charge in [0.2, 0.25) is 0 Å². The molecular weight excluding hydrogens is 789 g/mol. The molecule has 4 heterocycles. The zero-order valence-corrected chi connectivity index (χ0v) is 34.6. The quantitative estimate of drug-likeness (QED) is 0.168. The molecule has 0 aliphatic heterocycles. The molecule has 4 aromatic heterocycles. The van der Waals surface area contributed by atoms with Crippen molar-refractivity contribution in [3.63, 3.8) is 0 Å². The number of nitrogens with zero attached hydrogens (tertiary/aromatic N) is 4. The van der Waals surface area contributed by atoms with Gasteiger partial charge in [-0.15, -0.1) is 11.3 Å². The Labute approximate surface area is 365 Å². The molecule has 13 rings (SSSR count). The van der Waals surface area contributed by atoms with E-state index in [-0.39, 0.29) is 0 Å². The molecule has 0 N–H and O–H groups in total. The van der Waals surface area contributed by atoms with Gasteiger partial charge in [-0.05, 0) is 70.8 Å². The standard InChI is InChI=1S/C57H34N4OS/c1-3-16-35(17-4-1)37-20-13-21-38(32-37)40-25-14-29-49-52(40)45-33-39(61-47-27-10-7-22-41(47)42-23-8-11-28-48(42)61)34-46(54(45)62-49)57-59-55(36-18-5-2-6-19-36)58-56(60-57)44-26-15-31-51-53(44)43-24-9-12-30-50(43)63-51/h1-34H. The molecule has 0 bridgehead atoms. The summed E-state index contributed by atoms with van der Waals surface area (Å²) in [7, 11) is 0. The molecule has 0 unspecified atom stereocenters. The molecule has 0 atom stereocenters. The van der Waals surface area contributed by atoms with Crippen molar-refractivity contribution in [1.29, 1.82) is 0 Å². The van der Waals surface area contributed by atoms with E-state index in [1.54, 1.807) is 11.3 Å². The van der Waals surface area contributed by atoms with Crippen molar-refractivity contribution in [2.24, 2.45) is 0 Å². The Bertz CT molecular complexity index is 3870. The van der Waals surface area contributed by atoms with Crippen LogP contribution < -0.4 is 0 Å². The van der Waals surface area contributed by atoms with Crippen molar-refractivity contribution in [3.8, 4) is 62.1 Å². The Morgan fingerprint density at radius 1 is 0.365 bits per heavy atom. The fourth-order valence-electron chi connectivity index (χ4n) is 9.44. The van der Waals surface area contributed by atoms with E-state index in [0.29, 0.717) is 17.5 Å². The van der Waals surface area contributed by atoms with E-state index < -0.39 is 0 Å². The molecule has 0 radical (unpaired) electrons.